The number of methoxy groups -OCH3 is 1. The Morgan fingerprint density at radius 3 is 2.61 bits per heavy atom. The summed E-state index contributed by atoms with van der Waals surface area (Å²) in [6.45, 7) is 8.80. The lowest BCUT2D eigenvalue weighted by Crippen LogP contribution is -2.53. The van der Waals surface area contributed by atoms with Gasteiger partial charge in [0.2, 0.25) is 0 Å². The molecular weight excluding hydrogens is 356 g/mol. The Balaban J connectivity index is 1.93. The number of aldehydes is 1. The Morgan fingerprint density at radius 1 is 1.32 bits per heavy atom. The third-order valence-corrected chi connectivity index (χ3v) is 8.05. The first-order chi connectivity index (χ1) is 13.2. The minimum Gasteiger partial charge on any atom is -0.481 e. The van der Waals surface area contributed by atoms with Crippen molar-refractivity contribution in [2.45, 2.75) is 66.1 Å². The first-order valence-corrected chi connectivity index (χ1v) is 10.8. The van der Waals surface area contributed by atoms with E-state index in [9.17, 15) is 14.7 Å². The Bertz CT molecular complexity index is 641. The molecule has 3 aliphatic carbocycles. The Morgan fingerprint density at radius 2 is 2.04 bits per heavy atom. The molecule has 0 amide bonds. The van der Waals surface area contributed by atoms with Gasteiger partial charge in [0, 0.05) is 19.1 Å². The number of carbonyl (C=O) groups excluding carboxylic acids is 1. The number of carboxylic acid groups (broad SMARTS) is 1. The summed E-state index contributed by atoms with van der Waals surface area (Å²) in [5, 5.41) is 10.4. The SMILES string of the molecule is COC(C)OCCC1C(C)CCC1C1(C=O)CC2C=C(C(C)C)C1(C(=O)O)C2. The van der Waals surface area contributed by atoms with Crippen LogP contribution in [0.4, 0.5) is 0 Å². The topological polar surface area (TPSA) is 72.8 Å². The highest BCUT2D eigenvalue weighted by Gasteiger charge is 2.71. The van der Waals surface area contributed by atoms with E-state index in [4.69, 9.17) is 9.47 Å². The molecular formula is C23H36O5. The lowest BCUT2D eigenvalue weighted by molar-refractivity contribution is -0.160. The van der Waals surface area contributed by atoms with Crippen LogP contribution in [0, 0.1) is 40.4 Å². The second-order valence-corrected chi connectivity index (χ2v) is 9.60. The quantitative estimate of drug-likeness (QED) is 0.360. The van der Waals surface area contributed by atoms with Crippen LogP contribution in [0.3, 0.4) is 0 Å². The van der Waals surface area contributed by atoms with E-state index < -0.39 is 16.8 Å². The Hall–Kier alpha value is -1.20. The number of rotatable bonds is 9. The molecule has 2 bridgehead atoms. The maximum absolute atomic E-state index is 12.7. The fraction of sp³-hybridized carbons (Fsp3) is 0.826. The molecule has 1 N–H and O–H groups in total. The predicted molar refractivity (Wildman–Crippen MR) is 107 cm³/mol. The van der Waals surface area contributed by atoms with Gasteiger partial charge in [-0.1, -0.05) is 38.8 Å². The zero-order valence-corrected chi connectivity index (χ0v) is 17.9. The Kier molecular flexibility index (Phi) is 6.07. The van der Waals surface area contributed by atoms with Gasteiger partial charge in [0.05, 0.1) is 0 Å². The van der Waals surface area contributed by atoms with Crippen LogP contribution in [-0.2, 0) is 19.1 Å². The molecule has 158 valence electrons. The van der Waals surface area contributed by atoms with E-state index in [0.29, 0.717) is 31.3 Å². The van der Waals surface area contributed by atoms with Crippen molar-refractivity contribution in [2.75, 3.05) is 13.7 Å². The molecule has 5 nitrogen and oxygen atoms in total. The molecule has 3 rings (SSSR count). The highest BCUT2D eigenvalue weighted by molar-refractivity contribution is 5.88. The number of hydrogen-bond donors (Lipinski definition) is 1. The van der Waals surface area contributed by atoms with Gasteiger partial charge in [0.15, 0.2) is 6.29 Å². The zero-order valence-electron chi connectivity index (χ0n) is 17.9. The van der Waals surface area contributed by atoms with Crippen LogP contribution in [0.15, 0.2) is 11.6 Å². The summed E-state index contributed by atoms with van der Waals surface area (Å²) in [5.74, 6) is 0.425. The van der Waals surface area contributed by atoms with Gasteiger partial charge in [-0.3, -0.25) is 4.79 Å². The lowest BCUT2D eigenvalue weighted by Gasteiger charge is -2.48. The number of hydrogen-bond acceptors (Lipinski definition) is 4. The molecule has 0 spiro atoms. The van der Waals surface area contributed by atoms with E-state index in [1.807, 2.05) is 6.92 Å². The molecule has 0 saturated heterocycles. The molecule has 2 fully saturated rings. The number of carbonyl (C=O) groups is 2. The maximum atomic E-state index is 12.7. The van der Waals surface area contributed by atoms with Crippen LogP contribution < -0.4 is 0 Å². The van der Waals surface area contributed by atoms with Crippen molar-refractivity contribution in [3.63, 3.8) is 0 Å². The van der Waals surface area contributed by atoms with Crippen LogP contribution in [0.2, 0.25) is 0 Å². The number of allylic oxidation sites excluding steroid dienone is 1. The third kappa shape index (κ3) is 3.06. The van der Waals surface area contributed by atoms with Crippen molar-refractivity contribution < 1.29 is 24.2 Å². The summed E-state index contributed by atoms with van der Waals surface area (Å²) in [4.78, 5) is 25.4. The van der Waals surface area contributed by atoms with Crippen molar-refractivity contribution in [1.82, 2.24) is 0 Å². The summed E-state index contributed by atoms with van der Waals surface area (Å²) >= 11 is 0. The molecule has 7 unspecified atom stereocenters. The average Bonchev–Trinajstić information content (AvgIpc) is 3.32. The highest BCUT2D eigenvalue weighted by atomic mass is 16.7. The third-order valence-electron chi connectivity index (χ3n) is 8.05. The molecule has 0 aromatic carbocycles. The van der Waals surface area contributed by atoms with Gasteiger partial charge >= 0.3 is 5.97 Å². The van der Waals surface area contributed by atoms with Crippen LogP contribution in [0.25, 0.3) is 0 Å². The summed E-state index contributed by atoms with van der Waals surface area (Å²) in [6.07, 6.45) is 7.05. The van der Waals surface area contributed by atoms with Gasteiger partial charge in [-0.2, -0.15) is 0 Å². The van der Waals surface area contributed by atoms with Crippen LogP contribution in [0.1, 0.15) is 59.8 Å². The first kappa shape index (κ1) is 21.5. The van der Waals surface area contributed by atoms with E-state index in [-0.39, 0.29) is 24.0 Å². The van der Waals surface area contributed by atoms with E-state index >= 15 is 0 Å². The highest BCUT2D eigenvalue weighted by Crippen LogP contribution is 2.70. The Labute approximate surface area is 168 Å². The molecule has 3 aliphatic rings. The number of aliphatic carboxylic acids is 1. The summed E-state index contributed by atoms with van der Waals surface area (Å²) < 4.78 is 10.9. The molecule has 5 heteroatoms. The molecule has 0 radical (unpaired) electrons. The van der Waals surface area contributed by atoms with Crippen LogP contribution >= 0.6 is 0 Å². The summed E-state index contributed by atoms with van der Waals surface area (Å²) in [7, 11) is 1.62. The van der Waals surface area contributed by atoms with E-state index in [2.05, 4.69) is 26.8 Å². The average molecular weight is 393 g/mol. The standard InChI is InChI=1S/C23H36O5/c1-14(2)20-10-17-11-22(13-24,23(20,12-17)21(25)26)19-7-6-15(3)18(19)8-9-28-16(4)27-5/h10,13-19H,6-9,11-12H2,1-5H3,(H,25,26). The van der Waals surface area contributed by atoms with Crippen LogP contribution in [0.5, 0.6) is 0 Å². The second kappa shape index (κ2) is 7.91. The molecule has 0 aromatic rings. The normalized spacial score (nSPS) is 40.7. The van der Waals surface area contributed by atoms with Crippen molar-refractivity contribution >= 4 is 12.3 Å². The van der Waals surface area contributed by atoms with Gasteiger partial charge in [0.25, 0.3) is 0 Å². The minimum atomic E-state index is -1.03. The maximum Gasteiger partial charge on any atom is 0.314 e. The molecule has 28 heavy (non-hydrogen) atoms. The van der Waals surface area contributed by atoms with Crippen molar-refractivity contribution in [2.24, 2.45) is 40.4 Å². The second-order valence-electron chi connectivity index (χ2n) is 9.60. The molecule has 0 heterocycles. The predicted octanol–water partition coefficient (Wildman–Crippen LogP) is 4.31. The molecule has 0 aromatic heterocycles. The van der Waals surface area contributed by atoms with E-state index in [1.165, 1.54) is 0 Å². The van der Waals surface area contributed by atoms with Gasteiger partial charge in [0.1, 0.15) is 11.7 Å². The molecule has 0 aliphatic heterocycles. The fourth-order valence-electron chi connectivity index (χ4n) is 6.79. The smallest absolute Gasteiger partial charge is 0.314 e. The van der Waals surface area contributed by atoms with Crippen molar-refractivity contribution in [3.8, 4) is 0 Å². The summed E-state index contributed by atoms with van der Waals surface area (Å²) in [5.41, 5.74) is -0.840. The molecule has 2 saturated carbocycles. The van der Waals surface area contributed by atoms with E-state index in [0.717, 1.165) is 31.1 Å². The van der Waals surface area contributed by atoms with Gasteiger partial charge < -0.3 is 19.4 Å². The fourth-order valence-corrected chi connectivity index (χ4v) is 6.79. The van der Waals surface area contributed by atoms with Crippen molar-refractivity contribution in [3.05, 3.63) is 11.6 Å². The first-order valence-electron chi connectivity index (χ1n) is 10.8. The van der Waals surface area contributed by atoms with Crippen LogP contribution in [-0.4, -0.2) is 37.4 Å². The van der Waals surface area contributed by atoms with Gasteiger partial charge in [-0.15, -0.1) is 0 Å². The number of fused-ring (bicyclic) bond motifs is 2. The minimum absolute atomic E-state index is 0.102. The number of carboxylic acids is 1. The van der Waals surface area contributed by atoms with Gasteiger partial charge in [-0.05, 0) is 62.2 Å². The van der Waals surface area contributed by atoms with Crippen molar-refractivity contribution in [1.29, 1.82) is 0 Å². The van der Waals surface area contributed by atoms with E-state index in [1.54, 1.807) is 7.11 Å². The monoisotopic (exact) mass is 392 g/mol. The summed E-state index contributed by atoms with van der Waals surface area (Å²) in [6, 6.07) is 0. The van der Waals surface area contributed by atoms with Gasteiger partial charge in [-0.25, -0.2) is 0 Å². The lowest BCUT2D eigenvalue weighted by atomic mass is 9.52. The molecule has 7 atom stereocenters. The number of ether oxygens (including phenoxy) is 2. The zero-order chi connectivity index (χ0) is 20.7. The largest absolute Gasteiger partial charge is 0.481 e.